The Hall–Kier alpha value is -0.590. The molecule has 0 bridgehead atoms. The van der Waals surface area contributed by atoms with Crippen LogP contribution in [0.15, 0.2) is 0 Å². The summed E-state index contributed by atoms with van der Waals surface area (Å²) in [5, 5.41) is 18.6. The molecule has 0 aromatic carbocycles. The molecule has 0 spiro atoms. The van der Waals surface area contributed by atoms with Crippen molar-refractivity contribution >= 4 is 0 Å². The van der Waals surface area contributed by atoms with E-state index in [1.165, 1.54) is 0 Å². The minimum Gasteiger partial charge on any atom is -0.380 e. The standard InChI is InChI=1S/C8H12NO2/c9-6-8(2-3-8)7-11-5-1-4-10/h1-5,7H2. The summed E-state index contributed by atoms with van der Waals surface area (Å²) in [6.45, 7) is 0.940. The van der Waals surface area contributed by atoms with Crippen LogP contribution in [0.25, 0.3) is 0 Å². The highest BCUT2D eigenvalue weighted by Crippen LogP contribution is 2.44. The van der Waals surface area contributed by atoms with Crippen molar-refractivity contribution in [3.63, 3.8) is 0 Å². The Labute approximate surface area is 66.6 Å². The molecule has 0 saturated heterocycles. The van der Waals surface area contributed by atoms with E-state index in [0.29, 0.717) is 19.6 Å². The minimum absolute atomic E-state index is 0.0838. The summed E-state index contributed by atoms with van der Waals surface area (Å²) in [7, 11) is 0. The van der Waals surface area contributed by atoms with Crippen LogP contribution in [0.4, 0.5) is 0 Å². The molecule has 1 saturated carbocycles. The molecule has 3 heteroatoms. The highest BCUT2D eigenvalue weighted by Gasteiger charge is 2.43. The quantitative estimate of drug-likeness (QED) is 0.557. The van der Waals surface area contributed by atoms with Gasteiger partial charge in [-0.1, -0.05) is 0 Å². The lowest BCUT2D eigenvalue weighted by Crippen LogP contribution is -2.09. The third-order valence-electron chi connectivity index (χ3n) is 1.90. The van der Waals surface area contributed by atoms with Gasteiger partial charge >= 0.3 is 0 Å². The largest absolute Gasteiger partial charge is 0.380 e. The van der Waals surface area contributed by atoms with E-state index in [-0.39, 0.29) is 12.0 Å². The maximum atomic E-state index is 9.99. The molecule has 1 fully saturated rings. The predicted molar refractivity (Wildman–Crippen MR) is 38.3 cm³/mol. The average Bonchev–Trinajstić information content (AvgIpc) is 2.80. The van der Waals surface area contributed by atoms with Crippen LogP contribution in [0.2, 0.25) is 0 Å². The first-order valence-electron chi connectivity index (χ1n) is 3.90. The second kappa shape index (κ2) is 3.70. The third kappa shape index (κ3) is 2.49. The van der Waals surface area contributed by atoms with Crippen molar-refractivity contribution in [1.29, 1.82) is 5.26 Å². The number of nitriles is 1. The first-order valence-corrected chi connectivity index (χ1v) is 3.90. The molecule has 3 nitrogen and oxygen atoms in total. The Balaban J connectivity index is 2.00. The van der Waals surface area contributed by atoms with Gasteiger partial charge in [-0.2, -0.15) is 5.26 Å². The molecule has 0 heterocycles. The fraction of sp³-hybridized carbons (Fsp3) is 0.875. The van der Waals surface area contributed by atoms with Crippen LogP contribution >= 0.6 is 0 Å². The van der Waals surface area contributed by atoms with Gasteiger partial charge in [0.1, 0.15) is 0 Å². The highest BCUT2D eigenvalue weighted by molar-refractivity contribution is 5.09. The van der Waals surface area contributed by atoms with Crippen molar-refractivity contribution < 1.29 is 9.84 Å². The van der Waals surface area contributed by atoms with Crippen LogP contribution in [0.1, 0.15) is 19.3 Å². The van der Waals surface area contributed by atoms with Crippen molar-refractivity contribution in [1.82, 2.24) is 0 Å². The fourth-order valence-electron chi connectivity index (χ4n) is 0.868. The van der Waals surface area contributed by atoms with Crippen LogP contribution in [-0.2, 0) is 9.84 Å². The Morgan fingerprint density at radius 1 is 1.55 bits per heavy atom. The summed E-state index contributed by atoms with van der Waals surface area (Å²) in [6.07, 6.45) is 2.48. The molecule has 0 aromatic rings. The summed E-state index contributed by atoms with van der Waals surface area (Å²) in [6, 6.07) is 2.23. The van der Waals surface area contributed by atoms with E-state index >= 15 is 0 Å². The lowest BCUT2D eigenvalue weighted by molar-refractivity contribution is 0.0812. The molecule has 0 amide bonds. The average molecular weight is 154 g/mol. The fourth-order valence-corrected chi connectivity index (χ4v) is 0.868. The first-order chi connectivity index (χ1) is 5.33. The second-order valence-electron chi connectivity index (χ2n) is 3.00. The van der Waals surface area contributed by atoms with Gasteiger partial charge in [-0.3, -0.25) is 0 Å². The normalized spacial score (nSPS) is 19.3. The van der Waals surface area contributed by atoms with Gasteiger partial charge in [0.15, 0.2) is 0 Å². The minimum atomic E-state index is -0.178. The third-order valence-corrected chi connectivity index (χ3v) is 1.90. The Bertz CT molecular complexity index is 158. The zero-order valence-corrected chi connectivity index (χ0v) is 6.51. The number of ether oxygens (including phenoxy) is 1. The van der Waals surface area contributed by atoms with Crippen LogP contribution in [0.3, 0.4) is 0 Å². The van der Waals surface area contributed by atoms with Crippen LogP contribution in [-0.4, -0.2) is 19.8 Å². The smallest absolute Gasteiger partial charge is 0.0844 e. The lowest BCUT2D eigenvalue weighted by Gasteiger charge is -2.05. The van der Waals surface area contributed by atoms with Gasteiger partial charge < -0.3 is 4.74 Å². The van der Waals surface area contributed by atoms with Crippen LogP contribution in [0.5, 0.6) is 0 Å². The molecule has 11 heavy (non-hydrogen) atoms. The van der Waals surface area contributed by atoms with Crippen LogP contribution in [0, 0.1) is 16.7 Å². The molecule has 1 radical (unpaired) electrons. The molecule has 0 unspecified atom stereocenters. The summed E-state index contributed by atoms with van der Waals surface area (Å²) in [4.78, 5) is 0. The molecule has 0 aromatic heterocycles. The highest BCUT2D eigenvalue weighted by atomic mass is 16.5. The molecule has 1 aliphatic rings. The maximum Gasteiger partial charge on any atom is 0.0844 e. The molecule has 61 valence electrons. The van der Waals surface area contributed by atoms with E-state index < -0.39 is 0 Å². The Morgan fingerprint density at radius 2 is 2.27 bits per heavy atom. The summed E-state index contributed by atoms with van der Waals surface area (Å²) in [5.74, 6) is 0. The van der Waals surface area contributed by atoms with Gasteiger partial charge in [-0.15, -0.1) is 0 Å². The summed E-state index contributed by atoms with van der Waals surface area (Å²) >= 11 is 0. The Kier molecular flexibility index (Phi) is 2.86. The van der Waals surface area contributed by atoms with Gasteiger partial charge in [0.05, 0.1) is 24.7 Å². The van der Waals surface area contributed by atoms with Gasteiger partial charge in [0, 0.05) is 6.61 Å². The van der Waals surface area contributed by atoms with Gasteiger partial charge in [0.25, 0.3) is 0 Å². The topological polar surface area (TPSA) is 52.9 Å². The van der Waals surface area contributed by atoms with Gasteiger partial charge in [0.2, 0.25) is 0 Å². The van der Waals surface area contributed by atoms with E-state index in [9.17, 15) is 5.11 Å². The molecular formula is C8H12NO2. The molecule has 0 atom stereocenters. The molecule has 0 aliphatic heterocycles. The van der Waals surface area contributed by atoms with Crippen LogP contribution < -0.4 is 0 Å². The zero-order chi connectivity index (χ0) is 8.16. The maximum absolute atomic E-state index is 9.99. The van der Waals surface area contributed by atoms with Crippen molar-refractivity contribution in [3.05, 3.63) is 0 Å². The van der Waals surface area contributed by atoms with Crippen molar-refractivity contribution in [2.24, 2.45) is 5.41 Å². The first kappa shape index (κ1) is 8.51. The van der Waals surface area contributed by atoms with E-state index in [1.54, 1.807) is 0 Å². The monoisotopic (exact) mass is 154 g/mol. The van der Waals surface area contributed by atoms with Crippen molar-refractivity contribution in [3.8, 4) is 6.07 Å². The van der Waals surface area contributed by atoms with Gasteiger partial charge in [-0.05, 0) is 19.3 Å². The lowest BCUT2D eigenvalue weighted by atomic mass is 10.1. The molecule has 1 aliphatic carbocycles. The predicted octanol–water partition coefficient (Wildman–Crippen LogP) is 1.13. The number of hydrogen-bond donors (Lipinski definition) is 0. The molecule has 0 N–H and O–H groups in total. The van der Waals surface area contributed by atoms with Gasteiger partial charge in [-0.25, -0.2) is 5.11 Å². The summed E-state index contributed by atoms with van der Waals surface area (Å²) in [5.41, 5.74) is -0.178. The van der Waals surface area contributed by atoms with E-state index in [0.717, 1.165) is 12.8 Å². The Morgan fingerprint density at radius 3 is 2.73 bits per heavy atom. The summed E-state index contributed by atoms with van der Waals surface area (Å²) < 4.78 is 5.17. The number of nitrogens with zero attached hydrogens (tertiary/aromatic N) is 1. The van der Waals surface area contributed by atoms with E-state index in [1.807, 2.05) is 0 Å². The SMILES string of the molecule is N#CC1(COCCC[O])CC1. The molecular weight excluding hydrogens is 142 g/mol. The zero-order valence-electron chi connectivity index (χ0n) is 6.51. The van der Waals surface area contributed by atoms with Crippen molar-refractivity contribution in [2.75, 3.05) is 19.8 Å². The number of rotatable bonds is 5. The number of hydrogen-bond acceptors (Lipinski definition) is 2. The van der Waals surface area contributed by atoms with Crippen molar-refractivity contribution in [2.45, 2.75) is 19.3 Å². The molecule has 1 rings (SSSR count). The van der Waals surface area contributed by atoms with E-state index in [4.69, 9.17) is 10.00 Å². The second-order valence-corrected chi connectivity index (χ2v) is 3.00. The van der Waals surface area contributed by atoms with E-state index in [2.05, 4.69) is 6.07 Å².